The number of nitrogens with zero attached hydrogens (tertiary/aromatic N) is 2. The van der Waals surface area contributed by atoms with Gasteiger partial charge in [0.1, 0.15) is 0 Å². The fourth-order valence-corrected chi connectivity index (χ4v) is 1.72. The van der Waals surface area contributed by atoms with Crippen molar-refractivity contribution in [3.05, 3.63) is 17.0 Å². The van der Waals surface area contributed by atoms with Gasteiger partial charge in [-0.05, 0) is 6.42 Å². The molecule has 1 aromatic rings. The van der Waals surface area contributed by atoms with Crippen molar-refractivity contribution in [1.29, 1.82) is 0 Å². The predicted octanol–water partition coefficient (Wildman–Crippen LogP) is 1.46. The second-order valence-corrected chi connectivity index (χ2v) is 3.48. The summed E-state index contributed by atoms with van der Waals surface area (Å²) in [4.78, 5) is 11.7. The van der Waals surface area contributed by atoms with E-state index in [0.29, 0.717) is 0 Å². The molecule has 0 aliphatic carbocycles. The average molecular weight is 235 g/mol. The number of halogens is 3. The predicted molar refractivity (Wildman–Crippen MR) is 45.7 cm³/mol. The van der Waals surface area contributed by atoms with Gasteiger partial charge >= 0.3 is 12.3 Å². The van der Waals surface area contributed by atoms with Crippen LogP contribution in [-0.2, 0) is 19.1 Å². The zero-order valence-corrected chi connectivity index (χ0v) is 8.01. The van der Waals surface area contributed by atoms with Crippen LogP contribution in [0.25, 0.3) is 0 Å². The first-order valence-electron chi connectivity index (χ1n) is 4.51. The van der Waals surface area contributed by atoms with E-state index < -0.39 is 18.0 Å². The molecule has 0 radical (unpaired) electrons. The minimum Gasteiger partial charge on any atom is -0.465 e. The van der Waals surface area contributed by atoms with Gasteiger partial charge in [0.2, 0.25) is 0 Å². The molecule has 16 heavy (non-hydrogen) atoms. The topological polar surface area (TPSA) is 69.2 Å². The number of alkyl halides is 3. The van der Waals surface area contributed by atoms with Crippen LogP contribution in [0.4, 0.5) is 18.0 Å². The fraction of sp³-hybridized carbons (Fsp3) is 0.500. The van der Waals surface area contributed by atoms with Crippen LogP contribution >= 0.6 is 0 Å². The normalized spacial score (nSPS) is 16.1. The number of carboxylic acid groups (broad SMARTS) is 1. The molecule has 1 amide bonds. The molecule has 0 bridgehead atoms. The molecular formula is C8H8F3N3O2. The van der Waals surface area contributed by atoms with Crippen molar-refractivity contribution in [3.63, 3.8) is 0 Å². The molecule has 0 spiro atoms. The van der Waals surface area contributed by atoms with Crippen molar-refractivity contribution >= 4 is 6.09 Å². The highest BCUT2D eigenvalue weighted by Gasteiger charge is 2.39. The Hall–Kier alpha value is -1.73. The average Bonchev–Trinajstić information content (AvgIpc) is 2.58. The summed E-state index contributed by atoms with van der Waals surface area (Å²) < 4.78 is 37.4. The van der Waals surface area contributed by atoms with Gasteiger partial charge in [0, 0.05) is 12.1 Å². The second kappa shape index (κ2) is 3.39. The molecule has 0 saturated carbocycles. The van der Waals surface area contributed by atoms with Gasteiger partial charge in [0.15, 0.2) is 5.69 Å². The number of hydrogen-bond acceptors (Lipinski definition) is 2. The molecule has 2 rings (SSSR count). The molecular weight excluding hydrogens is 227 g/mol. The lowest BCUT2D eigenvalue weighted by Gasteiger charge is -2.24. The van der Waals surface area contributed by atoms with Crippen molar-refractivity contribution < 1.29 is 23.1 Å². The standard InChI is InChI=1S/C8H8F3N3O2/c9-8(10,11)6-4-1-2-14(7(15)16)3-5(4)12-13-6/h1-3H2,(H,12,13)(H,15,16). The largest absolute Gasteiger partial charge is 0.465 e. The van der Waals surface area contributed by atoms with Gasteiger partial charge in [-0.15, -0.1) is 0 Å². The Bertz CT molecular complexity index is 427. The molecule has 1 aliphatic rings. The highest BCUT2D eigenvalue weighted by atomic mass is 19.4. The van der Waals surface area contributed by atoms with Crippen molar-refractivity contribution in [1.82, 2.24) is 15.1 Å². The van der Waals surface area contributed by atoms with Crippen molar-refractivity contribution in [3.8, 4) is 0 Å². The van der Waals surface area contributed by atoms with Gasteiger partial charge in [0.25, 0.3) is 0 Å². The number of aromatic amines is 1. The zero-order valence-electron chi connectivity index (χ0n) is 8.01. The molecule has 2 N–H and O–H groups in total. The van der Waals surface area contributed by atoms with Crippen LogP contribution in [0.1, 0.15) is 17.0 Å². The van der Waals surface area contributed by atoms with Gasteiger partial charge in [-0.3, -0.25) is 5.10 Å². The molecule has 8 heteroatoms. The second-order valence-electron chi connectivity index (χ2n) is 3.48. The third-order valence-corrected chi connectivity index (χ3v) is 2.47. The van der Waals surface area contributed by atoms with Gasteiger partial charge < -0.3 is 10.0 Å². The Kier molecular flexibility index (Phi) is 2.28. The molecule has 1 aromatic heterocycles. The maximum absolute atomic E-state index is 12.5. The number of carbonyl (C=O) groups is 1. The number of aromatic nitrogens is 2. The summed E-state index contributed by atoms with van der Waals surface area (Å²) in [5.41, 5.74) is -0.640. The number of H-pyrrole nitrogens is 1. The third kappa shape index (κ3) is 1.70. The molecule has 0 fully saturated rings. The van der Waals surface area contributed by atoms with E-state index in [0.717, 1.165) is 4.90 Å². The van der Waals surface area contributed by atoms with Gasteiger partial charge in [-0.25, -0.2) is 4.79 Å². The van der Waals surface area contributed by atoms with Crippen LogP contribution < -0.4 is 0 Å². The van der Waals surface area contributed by atoms with E-state index in [2.05, 4.69) is 10.2 Å². The van der Waals surface area contributed by atoms with Crippen LogP contribution in [0.2, 0.25) is 0 Å². The Morgan fingerprint density at radius 1 is 1.50 bits per heavy atom. The van der Waals surface area contributed by atoms with Gasteiger partial charge in [-0.1, -0.05) is 0 Å². The molecule has 0 unspecified atom stereocenters. The quantitative estimate of drug-likeness (QED) is 0.715. The van der Waals surface area contributed by atoms with Crippen molar-refractivity contribution in [2.24, 2.45) is 0 Å². The number of amides is 1. The first kappa shape index (κ1) is 10.8. The molecule has 0 saturated heterocycles. The Morgan fingerprint density at radius 3 is 2.75 bits per heavy atom. The lowest BCUT2D eigenvalue weighted by molar-refractivity contribution is -0.141. The lowest BCUT2D eigenvalue weighted by Crippen LogP contribution is -2.35. The third-order valence-electron chi connectivity index (χ3n) is 2.47. The highest BCUT2D eigenvalue weighted by Crippen LogP contribution is 2.33. The Morgan fingerprint density at radius 2 is 2.19 bits per heavy atom. The lowest BCUT2D eigenvalue weighted by atomic mass is 10.0. The van der Waals surface area contributed by atoms with Crippen LogP contribution in [0.3, 0.4) is 0 Å². The van der Waals surface area contributed by atoms with Crippen molar-refractivity contribution in [2.75, 3.05) is 6.54 Å². The Labute approximate surface area is 87.9 Å². The first-order chi connectivity index (χ1) is 7.39. The van der Waals surface area contributed by atoms with Crippen LogP contribution in [0, 0.1) is 0 Å². The molecule has 2 heterocycles. The van der Waals surface area contributed by atoms with E-state index in [1.54, 1.807) is 0 Å². The summed E-state index contributed by atoms with van der Waals surface area (Å²) in [5.74, 6) is 0. The maximum atomic E-state index is 12.5. The van der Waals surface area contributed by atoms with Gasteiger partial charge in [-0.2, -0.15) is 18.3 Å². The molecule has 1 aliphatic heterocycles. The molecule has 0 aromatic carbocycles. The van der Waals surface area contributed by atoms with Crippen molar-refractivity contribution in [2.45, 2.75) is 19.1 Å². The summed E-state index contributed by atoms with van der Waals surface area (Å²) in [6.07, 6.45) is -5.60. The summed E-state index contributed by atoms with van der Waals surface area (Å²) in [6.45, 7) is -0.0152. The number of hydrogen-bond donors (Lipinski definition) is 2. The number of nitrogens with one attached hydrogen (secondary N) is 1. The van der Waals surface area contributed by atoms with Crippen LogP contribution in [-0.4, -0.2) is 32.8 Å². The SMILES string of the molecule is O=C(O)N1CCc2c(C(F)(F)F)n[nH]c2C1. The zero-order chi connectivity index (χ0) is 11.9. The van der Waals surface area contributed by atoms with E-state index in [1.165, 1.54) is 0 Å². The van der Waals surface area contributed by atoms with E-state index in [-0.39, 0.29) is 30.8 Å². The summed E-state index contributed by atoms with van der Waals surface area (Å²) >= 11 is 0. The van der Waals surface area contributed by atoms with E-state index in [1.807, 2.05) is 0 Å². The van der Waals surface area contributed by atoms with E-state index in [4.69, 9.17) is 5.11 Å². The maximum Gasteiger partial charge on any atom is 0.435 e. The molecule has 5 nitrogen and oxygen atoms in total. The van der Waals surface area contributed by atoms with Crippen LogP contribution in [0.15, 0.2) is 0 Å². The van der Waals surface area contributed by atoms with E-state index >= 15 is 0 Å². The smallest absolute Gasteiger partial charge is 0.435 e. The number of rotatable bonds is 0. The highest BCUT2D eigenvalue weighted by molar-refractivity contribution is 5.65. The fourth-order valence-electron chi connectivity index (χ4n) is 1.72. The molecule has 0 atom stereocenters. The number of fused-ring (bicyclic) bond motifs is 1. The molecule has 88 valence electrons. The summed E-state index contributed by atoms with van der Waals surface area (Å²) in [7, 11) is 0. The minimum atomic E-state index is -4.49. The Balaban J connectivity index is 2.31. The van der Waals surface area contributed by atoms with Crippen LogP contribution in [0.5, 0.6) is 0 Å². The summed E-state index contributed by atoms with van der Waals surface area (Å²) in [5, 5.41) is 14.1. The van der Waals surface area contributed by atoms with E-state index in [9.17, 15) is 18.0 Å². The minimum absolute atomic E-state index is 0.0347. The first-order valence-corrected chi connectivity index (χ1v) is 4.51. The van der Waals surface area contributed by atoms with Gasteiger partial charge in [0.05, 0.1) is 12.2 Å². The summed E-state index contributed by atoms with van der Waals surface area (Å²) in [6, 6.07) is 0. The monoisotopic (exact) mass is 235 g/mol.